The summed E-state index contributed by atoms with van der Waals surface area (Å²) in [5, 5.41) is 8.34. The second-order valence-corrected chi connectivity index (χ2v) is 12.7. The molecule has 0 radical (unpaired) electrons. The third kappa shape index (κ3) is 6.83. The number of rotatable bonds is 3. The number of benzene rings is 3. The molecule has 0 amide bonds. The van der Waals surface area contributed by atoms with Crippen LogP contribution in [0.1, 0.15) is 22.3 Å². The van der Waals surface area contributed by atoms with E-state index in [1.807, 2.05) is 30.3 Å². The van der Waals surface area contributed by atoms with Gasteiger partial charge >= 0.3 is 0 Å². The topological polar surface area (TPSA) is 70.2 Å². The van der Waals surface area contributed by atoms with Crippen LogP contribution in [-0.4, -0.2) is 40.6 Å². The van der Waals surface area contributed by atoms with Crippen LogP contribution < -0.4 is 25.0 Å². The second-order valence-electron chi connectivity index (χ2n) is 8.90. The molecule has 1 aliphatic rings. The predicted octanol–water partition coefficient (Wildman–Crippen LogP) is 5.54. The Hall–Kier alpha value is -2.61. The Kier molecular flexibility index (Phi) is 9.46. The lowest BCUT2D eigenvalue weighted by molar-refractivity contribution is 0.00653. The van der Waals surface area contributed by atoms with E-state index in [1.54, 1.807) is 14.2 Å². The number of ether oxygens (including phenoxy) is 5. The van der Waals surface area contributed by atoms with E-state index in [0.717, 1.165) is 38.9 Å². The van der Waals surface area contributed by atoms with Crippen molar-refractivity contribution in [2.24, 2.45) is 0 Å². The summed E-state index contributed by atoms with van der Waals surface area (Å²) in [6.07, 6.45) is -2.65. The summed E-state index contributed by atoms with van der Waals surface area (Å²) in [6, 6.07) is 18.3. The van der Waals surface area contributed by atoms with E-state index in [4.69, 9.17) is 35.5 Å². The molecule has 0 unspecified atom stereocenters. The lowest BCUT2D eigenvalue weighted by Gasteiger charge is -2.30. The minimum atomic E-state index is -2.65. The fourth-order valence-electron chi connectivity index (χ4n) is 4.40. The van der Waals surface area contributed by atoms with Crippen LogP contribution >= 0.6 is 6.34 Å². The fraction of sp³-hybridized carbons (Fsp3) is 0.357. The number of hydrogen-bond acceptors (Lipinski definition) is 6. The zero-order valence-corrected chi connectivity index (χ0v) is 23.5. The van der Waals surface area contributed by atoms with E-state index in [1.165, 1.54) is 0 Å². The van der Waals surface area contributed by atoms with Gasteiger partial charge in [0.15, 0.2) is 0 Å². The molecule has 198 valence electrons. The van der Waals surface area contributed by atoms with Crippen molar-refractivity contribution in [1.82, 2.24) is 0 Å². The molecule has 7 nitrogen and oxygen atoms in total. The Balaban J connectivity index is 1.85. The van der Waals surface area contributed by atoms with Crippen LogP contribution in [0.25, 0.3) is 0 Å². The van der Waals surface area contributed by atoms with Crippen molar-refractivity contribution in [2.75, 3.05) is 50.8 Å². The van der Waals surface area contributed by atoms with Gasteiger partial charge in [0, 0.05) is 16.4 Å². The van der Waals surface area contributed by atoms with Crippen molar-refractivity contribution in [1.29, 1.82) is 0 Å². The molecule has 0 aromatic heterocycles. The van der Waals surface area contributed by atoms with Gasteiger partial charge in [-0.1, -0.05) is 30.3 Å². The zero-order chi connectivity index (χ0) is 26.3. The van der Waals surface area contributed by atoms with E-state index in [2.05, 4.69) is 48.3 Å². The average molecular weight is 543 g/mol. The van der Waals surface area contributed by atoms with Crippen LogP contribution in [0.2, 0.25) is 0 Å². The Bertz CT molecular complexity index is 1180. The molecule has 4 bridgehead atoms. The first-order chi connectivity index (χ1) is 17.9. The highest BCUT2D eigenvalue weighted by Crippen LogP contribution is 2.50. The first kappa shape index (κ1) is 27.4. The van der Waals surface area contributed by atoms with Crippen LogP contribution in [0.15, 0.2) is 54.6 Å². The first-order valence-electron chi connectivity index (χ1n) is 12.2. The molecule has 1 aliphatic heterocycles. The smallest absolute Gasteiger partial charge is 0.148 e. The number of fused-ring (bicyclic) bond motifs is 4. The molecule has 2 N–H and O–H groups in total. The van der Waals surface area contributed by atoms with Crippen molar-refractivity contribution < 1.29 is 23.7 Å². The summed E-state index contributed by atoms with van der Waals surface area (Å²) in [7, 11) is 3.34. The Morgan fingerprint density at radius 2 is 1.16 bits per heavy atom. The molecule has 37 heavy (non-hydrogen) atoms. The molecule has 0 atom stereocenters. The third-order valence-electron chi connectivity index (χ3n) is 5.96. The largest absolute Gasteiger partial charge is 0.494 e. The molecule has 9 heteroatoms. The molecule has 0 saturated heterocycles. The van der Waals surface area contributed by atoms with Gasteiger partial charge in [-0.05, 0) is 61.0 Å². The van der Waals surface area contributed by atoms with Crippen molar-refractivity contribution in [3.63, 3.8) is 0 Å². The van der Waals surface area contributed by atoms with Gasteiger partial charge in [-0.15, -0.1) is 0 Å². The van der Waals surface area contributed by atoms with Gasteiger partial charge in [0.05, 0.1) is 65.2 Å². The quantitative estimate of drug-likeness (QED) is 0.418. The monoisotopic (exact) mass is 542 g/mol. The first-order valence-corrected chi connectivity index (χ1v) is 15.0. The highest BCUT2D eigenvalue weighted by molar-refractivity contribution is 8.19. The SMILES string of the molecule is COc1c2cc(C)cc1NP(=S)(c1ccccc1)Nc1cc(C)cc(c1OC)COCCOCCOC2. The average Bonchev–Trinajstić information content (AvgIpc) is 2.87. The molecule has 3 aromatic rings. The van der Waals surface area contributed by atoms with Gasteiger partial charge in [0.25, 0.3) is 0 Å². The fourth-order valence-corrected chi connectivity index (χ4v) is 7.27. The van der Waals surface area contributed by atoms with Crippen molar-refractivity contribution in [2.45, 2.75) is 27.1 Å². The van der Waals surface area contributed by atoms with Gasteiger partial charge in [-0.3, -0.25) is 0 Å². The molecule has 0 saturated carbocycles. The standard InChI is InChI=1S/C28H35N2O5PS/c1-20-14-22-18-34-12-10-33-11-13-35-19-23-15-21(2)17-26(28(23)32-4)30-36(37,24-8-6-5-7-9-24)29-25(16-20)27(22)31-3/h5-9,14-17H,10-13,18-19H2,1-4H3,(H2,29,30,37). The van der Waals surface area contributed by atoms with Crippen LogP contribution in [0.3, 0.4) is 0 Å². The van der Waals surface area contributed by atoms with Crippen molar-refractivity contribution >= 4 is 34.8 Å². The number of nitrogens with one attached hydrogen (secondary N) is 2. The second kappa shape index (κ2) is 12.8. The molecule has 0 spiro atoms. The number of methoxy groups -OCH3 is 2. The third-order valence-corrected chi connectivity index (χ3v) is 9.28. The van der Waals surface area contributed by atoms with Gasteiger partial charge in [-0.25, -0.2) is 0 Å². The number of hydrogen-bond donors (Lipinski definition) is 2. The summed E-state index contributed by atoms with van der Waals surface area (Å²) in [4.78, 5) is 0. The molecular formula is C28H35N2O5PS. The molecule has 3 aromatic carbocycles. The Morgan fingerprint density at radius 3 is 1.62 bits per heavy atom. The van der Waals surface area contributed by atoms with Crippen LogP contribution in [-0.2, 0) is 39.2 Å². The van der Waals surface area contributed by atoms with Gasteiger partial charge in [0.1, 0.15) is 17.8 Å². The lowest BCUT2D eigenvalue weighted by atomic mass is 10.1. The van der Waals surface area contributed by atoms with E-state index >= 15 is 0 Å². The van der Waals surface area contributed by atoms with Gasteiger partial charge in [0.2, 0.25) is 0 Å². The van der Waals surface area contributed by atoms with Crippen molar-refractivity contribution in [3.8, 4) is 11.5 Å². The highest BCUT2D eigenvalue weighted by Gasteiger charge is 2.25. The highest BCUT2D eigenvalue weighted by atomic mass is 32.4. The maximum absolute atomic E-state index is 6.42. The molecule has 0 aliphatic carbocycles. The minimum Gasteiger partial charge on any atom is -0.494 e. The summed E-state index contributed by atoms with van der Waals surface area (Å²) >= 11 is 6.42. The maximum atomic E-state index is 6.42. The van der Waals surface area contributed by atoms with Crippen LogP contribution in [0.5, 0.6) is 11.5 Å². The maximum Gasteiger partial charge on any atom is 0.148 e. The van der Waals surface area contributed by atoms with Gasteiger partial charge in [-0.2, -0.15) is 0 Å². The van der Waals surface area contributed by atoms with Crippen LogP contribution in [0, 0.1) is 13.8 Å². The molecule has 0 fully saturated rings. The Morgan fingerprint density at radius 1 is 0.703 bits per heavy atom. The minimum absolute atomic E-state index is 0.399. The molecular weight excluding hydrogens is 507 g/mol. The van der Waals surface area contributed by atoms with Crippen LogP contribution in [0.4, 0.5) is 11.4 Å². The number of anilines is 2. The zero-order valence-electron chi connectivity index (χ0n) is 21.8. The van der Waals surface area contributed by atoms with Crippen molar-refractivity contribution in [3.05, 3.63) is 76.9 Å². The summed E-state index contributed by atoms with van der Waals surface area (Å²) in [5.74, 6) is 1.43. The predicted molar refractivity (Wildman–Crippen MR) is 153 cm³/mol. The molecule has 1 heterocycles. The normalized spacial score (nSPS) is 16.4. The van der Waals surface area contributed by atoms with E-state index in [-0.39, 0.29) is 0 Å². The lowest BCUT2D eigenvalue weighted by Crippen LogP contribution is -2.19. The summed E-state index contributed by atoms with van der Waals surface area (Å²) in [5.41, 5.74) is 5.67. The summed E-state index contributed by atoms with van der Waals surface area (Å²) < 4.78 is 29.3. The summed E-state index contributed by atoms with van der Waals surface area (Å²) in [6.45, 7) is 6.82. The van der Waals surface area contributed by atoms with E-state index in [9.17, 15) is 0 Å². The Labute approximate surface area is 224 Å². The van der Waals surface area contributed by atoms with E-state index in [0.29, 0.717) is 51.1 Å². The van der Waals surface area contributed by atoms with E-state index < -0.39 is 6.34 Å². The number of aryl methyl sites for hydroxylation is 2. The molecule has 4 rings (SSSR count). The van der Waals surface area contributed by atoms with Gasteiger partial charge < -0.3 is 33.9 Å².